The second kappa shape index (κ2) is 7.14. The number of para-hydroxylation sites is 1. The van der Waals surface area contributed by atoms with Crippen molar-refractivity contribution < 1.29 is 4.79 Å². The van der Waals surface area contributed by atoms with Crippen molar-refractivity contribution in [3.05, 3.63) is 66.2 Å². The number of carbonyl (C=O) groups excluding carboxylic acids is 1. The highest BCUT2D eigenvalue weighted by Crippen LogP contribution is 2.17. The molecule has 3 nitrogen and oxygen atoms in total. The highest BCUT2D eigenvalue weighted by atomic mass is 16.1. The van der Waals surface area contributed by atoms with E-state index in [2.05, 4.69) is 16.7 Å². The van der Waals surface area contributed by atoms with E-state index in [1.165, 1.54) is 6.92 Å². The third-order valence-electron chi connectivity index (χ3n) is 2.73. The van der Waals surface area contributed by atoms with Crippen molar-refractivity contribution >= 4 is 23.4 Å². The summed E-state index contributed by atoms with van der Waals surface area (Å²) in [5.74, 6) is -0.0193. The number of nitrogens with one attached hydrogen (secondary N) is 2. The highest BCUT2D eigenvalue weighted by Gasteiger charge is 1.94. The molecule has 102 valence electrons. The van der Waals surface area contributed by atoms with Gasteiger partial charge in [0.05, 0.1) is 0 Å². The monoisotopic (exact) mass is 266 g/mol. The van der Waals surface area contributed by atoms with E-state index in [1.54, 1.807) is 0 Å². The van der Waals surface area contributed by atoms with Crippen LogP contribution in [0.2, 0.25) is 0 Å². The third kappa shape index (κ3) is 4.61. The summed E-state index contributed by atoms with van der Waals surface area (Å²) >= 11 is 0. The van der Waals surface area contributed by atoms with Gasteiger partial charge in [0.1, 0.15) is 0 Å². The highest BCUT2D eigenvalue weighted by molar-refractivity contribution is 5.73. The lowest BCUT2D eigenvalue weighted by Gasteiger charge is -2.06. The van der Waals surface area contributed by atoms with Crippen molar-refractivity contribution in [3.63, 3.8) is 0 Å². The first-order chi connectivity index (χ1) is 9.74. The Hall–Kier alpha value is -2.55. The van der Waals surface area contributed by atoms with Gasteiger partial charge in [-0.1, -0.05) is 42.5 Å². The second-order valence-corrected chi connectivity index (χ2v) is 4.46. The van der Waals surface area contributed by atoms with Crippen LogP contribution in [0, 0.1) is 0 Å². The second-order valence-electron chi connectivity index (χ2n) is 4.46. The zero-order valence-corrected chi connectivity index (χ0v) is 11.5. The summed E-state index contributed by atoms with van der Waals surface area (Å²) in [5.41, 5.74) is 3.20. The maximum Gasteiger partial charge on any atom is 0.217 e. The van der Waals surface area contributed by atoms with Crippen LogP contribution in [0.15, 0.2) is 60.7 Å². The molecule has 2 aromatic carbocycles. The molecule has 20 heavy (non-hydrogen) atoms. The first-order valence-corrected chi connectivity index (χ1v) is 6.57. The van der Waals surface area contributed by atoms with Crippen molar-refractivity contribution in [3.8, 4) is 0 Å². The van der Waals surface area contributed by atoms with Gasteiger partial charge in [-0.25, -0.2) is 0 Å². The molecule has 2 aromatic rings. The van der Waals surface area contributed by atoms with Gasteiger partial charge in [0.25, 0.3) is 0 Å². The van der Waals surface area contributed by atoms with Gasteiger partial charge in [-0.2, -0.15) is 0 Å². The van der Waals surface area contributed by atoms with Crippen LogP contribution >= 0.6 is 0 Å². The standard InChI is InChI=1S/C17H18N2O/c1-14(20)18-12-6-8-15-7-5-11-17(13-15)19-16-9-3-2-4-10-16/h2-11,13,19H,12H2,1H3,(H,18,20). The van der Waals surface area contributed by atoms with Crippen LogP contribution in [0.4, 0.5) is 11.4 Å². The molecular weight excluding hydrogens is 248 g/mol. The number of benzene rings is 2. The molecule has 1 amide bonds. The fourth-order valence-electron chi connectivity index (χ4n) is 1.81. The number of anilines is 2. The topological polar surface area (TPSA) is 41.1 Å². The predicted octanol–water partition coefficient (Wildman–Crippen LogP) is 3.58. The summed E-state index contributed by atoms with van der Waals surface area (Å²) in [6.45, 7) is 2.06. The lowest BCUT2D eigenvalue weighted by molar-refractivity contribution is -0.118. The Bertz CT molecular complexity index is 591. The van der Waals surface area contributed by atoms with Crippen LogP contribution in [0.25, 0.3) is 6.08 Å². The first kappa shape index (κ1) is 13.9. The average molecular weight is 266 g/mol. The molecule has 0 unspecified atom stereocenters. The summed E-state index contributed by atoms with van der Waals surface area (Å²) < 4.78 is 0. The zero-order valence-electron chi connectivity index (χ0n) is 11.5. The quantitative estimate of drug-likeness (QED) is 0.868. The van der Waals surface area contributed by atoms with E-state index in [-0.39, 0.29) is 5.91 Å². The van der Waals surface area contributed by atoms with Crippen LogP contribution in [0.5, 0.6) is 0 Å². The Morgan fingerprint density at radius 3 is 2.55 bits per heavy atom. The van der Waals surface area contributed by atoms with Crippen molar-refractivity contribution in [2.24, 2.45) is 0 Å². The van der Waals surface area contributed by atoms with Gasteiger partial charge in [-0.3, -0.25) is 4.79 Å². The normalized spacial score (nSPS) is 10.4. The minimum Gasteiger partial charge on any atom is -0.356 e. The smallest absolute Gasteiger partial charge is 0.217 e. The molecule has 0 radical (unpaired) electrons. The Morgan fingerprint density at radius 2 is 1.80 bits per heavy atom. The molecule has 0 aliphatic rings. The lowest BCUT2D eigenvalue weighted by atomic mass is 10.2. The van der Waals surface area contributed by atoms with Gasteiger partial charge < -0.3 is 10.6 Å². The van der Waals surface area contributed by atoms with E-state index < -0.39 is 0 Å². The molecule has 0 saturated carbocycles. The summed E-state index contributed by atoms with van der Waals surface area (Å²) in [5, 5.41) is 6.08. The SMILES string of the molecule is CC(=O)NCC=Cc1cccc(Nc2ccccc2)c1. The minimum absolute atomic E-state index is 0.0193. The largest absolute Gasteiger partial charge is 0.356 e. The van der Waals surface area contributed by atoms with E-state index in [4.69, 9.17) is 0 Å². The molecule has 2 rings (SSSR count). The Balaban J connectivity index is 1.99. The van der Waals surface area contributed by atoms with E-state index in [0.29, 0.717) is 6.54 Å². The van der Waals surface area contributed by atoms with Gasteiger partial charge >= 0.3 is 0 Å². The van der Waals surface area contributed by atoms with Gasteiger partial charge in [-0.15, -0.1) is 0 Å². The molecule has 3 heteroatoms. The number of hydrogen-bond acceptors (Lipinski definition) is 2. The van der Waals surface area contributed by atoms with Gasteiger partial charge in [-0.05, 0) is 29.8 Å². The van der Waals surface area contributed by atoms with Crippen LogP contribution < -0.4 is 10.6 Å². The van der Waals surface area contributed by atoms with E-state index in [9.17, 15) is 4.79 Å². The van der Waals surface area contributed by atoms with E-state index in [1.807, 2.05) is 60.7 Å². The summed E-state index contributed by atoms with van der Waals surface area (Å²) in [4.78, 5) is 10.8. The van der Waals surface area contributed by atoms with Crippen molar-refractivity contribution in [2.75, 3.05) is 11.9 Å². The molecule has 0 aromatic heterocycles. The molecule has 0 saturated heterocycles. The Kier molecular flexibility index (Phi) is 4.95. The predicted molar refractivity (Wildman–Crippen MR) is 83.9 cm³/mol. The lowest BCUT2D eigenvalue weighted by Crippen LogP contribution is -2.19. The van der Waals surface area contributed by atoms with Crippen LogP contribution in [0.3, 0.4) is 0 Å². The van der Waals surface area contributed by atoms with E-state index >= 15 is 0 Å². The van der Waals surface area contributed by atoms with Crippen molar-refractivity contribution in [1.82, 2.24) is 5.32 Å². The summed E-state index contributed by atoms with van der Waals surface area (Å²) in [7, 11) is 0. The minimum atomic E-state index is -0.0193. The number of amides is 1. The maximum absolute atomic E-state index is 10.8. The van der Waals surface area contributed by atoms with Gasteiger partial charge in [0.15, 0.2) is 0 Å². The van der Waals surface area contributed by atoms with Gasteiger partial charge in [0, 0.05) is 24.8 Å². The zero-order chi connectivity index (χ0) is 14.2. The van der Waals surface area contributed by atoms with Crippen LogP contribution in [-0.2, 0) is 4.79 Å². The molecular formula is C17H18N2O. The number of rotatable bonds is 5. The molecule has 0 heterocycles. The average Bonchev–Trinajstić information content (AvgIpc) is 2.45. The van der Waals surface area contributed by atoms with E-state index in [0.717, 1.165) is 16.9 Å². The van der Waals surface area contributed by atoms with Crippen LogP contribution in [0.1, 0.15) is 12.5 Å². The first-order valence-electron chi connectivity index (χ1n) is 6.57. The molecule has 0 atom stereocenters. The molecule has 0 aliphatic carbocycles. The Labute approximate surface area is 119 Å². The van der Waals surface area contributed by atoms with Crippen LogP contribution in [-0.4, -0.2) is 12.5 Å². The summed E-state index contributed by atoms with van der Waals surface area (Å²) in [6, 6.07) is 18.2. The number of carbonyl (C=O) groups is 1. The Morgan fingerprint density at radius 1 is 1.05 bits per heavy atom. The molecule has 0 spiro atoms. The number of hydrogen-bond donors (Lipinski definition) is 2. The summed E-state index contributed by atoms with van der Waals surface area (Å²) in [6.07, 6.45) is 3.93. The van der Waals surface area contributed by atoms with Gasteiger partial charge in [0.2, 0.25) is 5.91 Å². The van der Waals surface area contributed by atoms with Crippen molar-refractivity contribution in [2.45, 2.75) is 6.92 Å². The fraction of sp³-hybridized carbons (Fsp3) is 0.118. The fourth-order valence-corrected chi connectivity index (χ4v) is 1.81. The molecule has 0 bridgehead atoms. The molecule has 0 aliphatic heterocycles. The molecule has 0 fully saturated rings. The molecule has 2 N–H and O–H groups in total. The van der Waals surface area contributed by atoms with Crippen molar-refractivity contribution in [1.29, 1.82) is 0 Å². The maximum atomic E-state index is 10.8. The third-order valence-corrected chi connectivity index (χ3v) is 2.73.